The number of hydrogen-bond acceptors (Lipinski definition) is 8. The summed E-state index contributed by atoms with van der Waals surface area (Å²) in [5, 5.41) is 20.1. The van der Waals surface area contributed by atoms with Crippen LogP contribution in [0.5, 0.6) is 11.5 Å². The van der Waals surface area contributed by atoms with Gasteiger partial charge in [0.1, 0.15) is 35.3 Å². The van der Waals surface area contributed by atoms with E-state index >= 15 is 0 Å². The summed E-state index contributed by atoms with van der Waals surface area (Å²) in [5.74, 6) is 11.9. The van der Waals surface area contributed by atoms with Gasteiger partial charge in [0.05, 0.1) is 31.2 Å². The first-order valence-electron chi connectivity index (χ1n) is 19.3. The summed E-state index contributed by atoms with van der Waals surface area (Å²) in [4.78, 5) is 9.96. The van der Waals surface area contributed by atoms with Crippen LogP contribution in [0.15, 0.2) is 96.6 Å². The number of halogens is 4. The lowest BCUT2D eigenvalue weighted by Gasteiger charge is -2.15. The van der Waals surface area contributed by atoms with E-state index in [-0.39, 0.29) is 25.4 Å². The van der Waals surface area contributed by atoms with Crippen molar-refractivity contribution < 1.29 is 32.1 Å². The molecule has 3 heterocycles. The number of thiophene rings is 1. The summed E-state index contributed by atoms with van der Waals surface area (Å²) < 4.78 is 67.3. The number of nitrogens with one attached hydrogen (secondary N) is 2. The molecule has 0 amide bonds. The van der Waals surface area contributed by atoms with Gasteiger partial charge in [-0.15, -0.1) is 11.3 Å². The lowest BCUT2D eigenvalue weighted by molar-refractivity contribution is -0.140. The number of rotatable bonds is 14. The molecule has 0 aliphatic heterocycles. The zero-order valence-corrected chi connectivity index (χ0v) is 33.7. The number of hydrogen-bond donors (Lipinski definition) is 3. The molecule has 0 radical (unpaired) electrons. The van der Waals surface area contributed by atoms with Crippen LogP contribution in [0.25, 0.3) is 32.2 Å². The van der Waals surface area contributed by atoms with Crippen molar-refractivity contribution >= 4 is 33.1 Å². The van der Waals surface area contributed by atoms with Gasteiger partial charge < -0.3 is 29.8 Å². The molecule has 0 saturated heterocycles. The Morgan fingerprint density at radius 1 is 0.833 bits per heavy atom. The van der Waals surface area contributed by atoms with Gasteiger partial charge in [0.25, 0.3) is 0 Å². The Kier molecular flexibility index (Phi) is 13.4. The van der Waals surface area contributed by atoms with Crippen molar-refractivity contribution in [2.75, 3.05) is 26.8 Å². The third-order valence-corrected chi connectivity index (χ3v) is 10.6. The second-order valence-corrected chi connectivity index (χ2v) is 14.7. The van der Waals surface area contributed by atoms with Crippen molar-refractivity contribution in [3.8, 4) is 45.6 Å². The number of aliphatic hydroxyl groups is 1. The number of aryl methyl sites for hydroxylation is 1. The number of fused-ring (bicyclic) bond motifs is 3. The molecule has 0 spiro atoms. The first-order chi connectivity index (χ1) is 29.1. The Morgan fingerprint density at radius 3 is 2.42 bits per heavy atom. The zero-order chi connectivity index (χ0) is 42.1. The molecule has 4 aromatic carbocycles. The van der Waals surface area contributed by atoms with Crippen LogP contribution in [-0.2, 0) is 32.4 Å². The number of benzene rings is 4. The van der Waals surface area contributed by atoms with Gasteiger partial charge in [-0.3, -0.25) is 0 Å². The Balaban J connectivity index is 0.936. The Hall–Kier alpha value is -6.22. The fourth-order valence-corrected chi connectivity index (χ4v) is 7.58. The van der Waals surface area contributed by atoms with Crippen molar-refractivity contribution in [1.29, 1.82) is 0 Å². The molecule has 8 nitrogen and oxygen atoms in total. The van der Waals surface area contributed by atoms with Gasteiger partial charge in [0.2, 0.25) is 0 Å². The number of aromatic nitrogens is 3. The first-order valence-corrected chi connectivity index (χ1v) is 20.2. The van der Waals surface area contributed by atoms with Gasteiger partial charge in [-0.25, -0.2) is 14.4 Å². The summed E-state index contributed by atoms with van der Waals surface area (Å²) >= 11 is 1.66. The second-order valence-electron chi connectivity index (χ2n) is 13.8. The van der Waals surface area contributed by atoms with E-state index in [4.69, 9.17) is 9.47 Å². The molecule has 3 N–H and O–H groups in total. The van der Waals surface area contributed by atoms with Crippen LogP contribution in [-0.4, -0.2) is 46.4 Å². The van der Waals surface area contributed by atoms with E-state index in [1.165, 1.54) is 33.4 Å². The molecule has 0 bridgehead atoms. The maximum Gasteiger partial charge on any atom is 0.419 e. The number of nitrogens with zero attached hydrogens (tertiary/aromatic N) is 3. The van der Waals surface area contributed by atoms with Crippen molar-refractivity contribution in [3.63, 3.8) is 0 Å². The fourth-order valence-electron chi connectivity index (χ4n) is 6.74. The third-order valence-electron chi connectivity index (χ3n) is 9.58. The van der Waals surface area contributed by atoms with Crippen LogP contribution in [0.1, 0.15) is 52.5 Å². The zero-order valence-electron chi connectivity index (χ0n) is 32.9. The molecule has 0 saturated carbocycles. The average molecular weight is 832 g/mol. The highest BCUT2D eigenvalue weighted by Crippen LogP contribution is 2.36. The summed E-state index contributed by atoms with van der Waals surface area (Å²) in [6.45, 7) is 4.50. The fraction of sp³-hybridized carbons (Fsp3) is 0.234. The highest BCUT2D eigenvalue weighted by Gasteiger charge is 2.34. The Labute approximate surface area is 349 Å². The van der Waals surface area contributed by atoms with Crippen LogP contribution in [0, 0.1) is 29.5 Å². The average Bonchev–Trinajstić information content (AvgIpc) is 3.85. The van der Waals surface area contributed by atoms with Crippen LogP contribution in [0.4, 0.5) is 17.6 Å². The van der Waals surface area contributed by atoms with Gasteiger partial charge in [-0.05, 0) is 97.1 Å². The minimum Gasteiger partial charge on any atom is -0.493 e. The van der Waals surface area contributed by atoms with E-state index < -0.39 is 17.6 Å². The summed E-state index contributed by atoms with van der Waals surface area (Å²) in [6.07, 6.45) is -1.23. The SMILES string of the molecule is CCn1c2ccc(CNC)cc2c2ccc(-c3cc(C#Cc4cnc(C#CCCOc5ccc(OCc6ccc(F)c(C(F)(F)F)c6)c(CNCCO)c5)cn4)cs3)cc21. The summed E-state index contributed by atoms with van der Waals surface area (Å²) in [6, 6.07) is 23.3. The van der Waals surface area contributed by atoms with Crippen molar-refractivity contribution in [2.24, 2.45) is 0 Å². The molecule has 7 rings (SSSR count). The van der Waals surface area contributed by atoms with Crippen LogP contribution >= 0.6 is 11.3 Å². The van der Waals surface area contributed by atoms with Gasteiger partial charge >= 0.3 is 6.18 Å². The van der Waals surface area contributed by atoms with E-state index in [0.29, 0.717) is 48.0 Å². The van der Waals surface area contributed by atoms with Gasteiger partial charge in [0.15, 0.2) is 0 Å². The minimum atomic E-state index is -4.82. The van der Waals surface area contributed by atoms with Gasteiger partial charge in [-0.2, -0.15) is 13.2 Å². The predicted molar refractivity (Wildman–Crippen MR) is 227 cm³/mol. The number of aliphatic hydroxyl groups excluding tert-OH is 1. The van der Waals surface area contributed by atoms with Gasteiger partial charge in [-0.1, -0.05) is 36.1 Å². The molecule has 7 aromatic rings. The highest BCUT2D eigenvalue weighted by atomic mass is 32.1. The van der Waals surface area contributed by atoms with E-state index in [1.54, 1.807) is 41.9 Å². The molecule has 306 valence electrons. The quantitative estimate of drug-likeness (QED) is 0.0573. The molecule has 0 fully saturated rings. The van der Waals surface area contributed by atoms with E-state index in [9.17, 15) is 22.7 Å². The smallest absolute Gasteiger partial charge is 0.419 e. The summed E-state index contributed by atoms with van der Waals surface area (Å²) in [7, 11) is 1.96. The number of alkyl halides is 3. The Bertz CT molecular complexity index is 2740. The van der Waals surface area contributed by atoms with Crippen molar-refractivity contribution in [2.45, 2.75) is 45.8 Å². The highest BCUT2D eigenvalue weighted by molar-refractivity contribution is 7.13. The monoisotopic (exact) mass is 831 g/mol. The Morgan fingerprint density at radius 2 is 1.65 bits per heavy atom. The van der Waals surface area contributed by atoms with Crippen LogP contribution in [0.3, 0.4) is 0 Å². The number of ether oxygens (including phenoxy) is 2. The molecule has 0 unspecified atom stereocenters. The predicted octanol–water partition coefficient (Wildman–Crippen LogP) is 9.09. The van der Waals surface area contributed by atoms with E-state index in [2.05, 4.69) is 98.2 Å². The molecule has 60 heavy (non-hydrogen) atoms. The largest absolute Gasteiger partial charge is 0.493 e. The molecular formula is C47H41F4N5O3S. The third kappa shape index (κ3) is 10.1. The maximum atomic E-state index is 13.7. The lowest BCUT2D eigenvalue weighted by atomic mass is 10.1. The van der Waals surface area contributed by atoms with Gasteiger partial charge in [0, 0.05) is 75.8 Å². The standard InChI is InChI=1S/C47H41F4N5O3S/c1-3-56-43-15-9-31(25-52-2)20-40(43)39-13-10-34(24-44(39)56)46-22-33(30-60-46)7-11-37-28-54-36(27-55-37)6-4-5-19-58-38-12-16-45(35(23-38)26-53-17-18-57)59-29-32-8-14-42(48)41(21-32)47(49,50)51/h8-10,12-16,20-24,27-28,30,52-53,57H,3,5,17-19,25-26,29H2,1-2H3. The van der Waals surface area contributed by atoms with Crippen LogP contribution in [0.2, 0.25) is 0 Å². The molecular weight excluding hydrogens is 791 g/mol. The minimum absolute atomic E-state index is 0.0817. The molecule has 13 heteroatoms. The normalized spacial score (nSPS) is 11.3. The van der Waals surface area contributed by atoms with E-state index in [0.717, 1.165) is 41.2 Å². The van der Waals surface area contributed by atoms with Crippen molar-refractivity contribution in [1.82, 2.24) is 25.2 Å². The molecule has 0 aliphatic carbocycles. The van der Waals surface area contributed by atoms with Crippen molar-refractivity contribution in [3.05, 3.63) is 142 Å². The topological polar surface area (TPSA) is 93.5 Å². The maximum absolute atomic E-state index is 13.7. The molecule has 3 aromatic heterocycles. The van der Waals surface area contributed by atoms with E-state index in [1.807, 2.05) is 12.4 Å². The van der Waals surface area contributed by atoms with Crippen LogP contribution < -0.4 is 20.1 Å². The second kappa shape index (κ2) is 19.2. The summed E-state index contributed by atoms with van der Waals surface area (Å²) in [5.41, 5.74) is 6.28. The molecule has 0 atom stereocenters. The first kappa shape index (κ1) is 41.9. The molecule has 0 aliphatic rings. The lowest BCUT2D eigenvalue weighted by Crippen LogP contribution is -2.18.